The molecule has 1 aromatic carbocycles. The molecule has 0 bridgehead atoms. The van der Waals surface area contributed by atoms with Gasteiger partial charge in [0.05, 0.1) is 0 Å². The van der Waals surface area contributed by atoms with Crippen LogP contribution in [0.15, 0.2) is 24.3 Å². The van der Waals surface area contributed by atoms with Crippen LogP contribution in [0, 0.1) is 11.7 Å². The number of benzene rings is 1. The first kappa shape index (κ1) is 18.4. The summed E-state index contributed by atoms with van der Waals surface area (Å²) in [6.07, 6.45) is 5.88. The molecule has 0 heterocycles. The third-order valence-electron chi connectivity index (χ3n) is 4.71. The average Bonchev–Trinajstić information content (AvgIpc) is 2.59. The second-order valence-electron chi connectivity index (χ2n) is 6.47. The lowest BCUT2D eigenvalue weighted by Gasteiger charge is -2.24. The van der Waals surface area contributed by atoms with Crippen LogP contribution in [0.5, 0.6) is 0 Å². The monoisotopic (exact) mass is 334 g/mol. The van der Waals surface area contributed by atoms with Gasteiger partial charge >= 0.3 is 0 Å². The van der Waals surface area contributed by atoms with Crippen LogP contribution < -0.4 is 5.32 Å². The molecule has 0 aliphatic heterocycles. The van der Waals surface area contributed by atoms with E-state index in [1.54, 1.807) is 23.1 Å². The van der Waals surface area contributed by atoms with Crippen LogP contribution in [0.2, 0.25) is 0 Å². The maximum absolute atomic E-state index is 13.6. The molecule has 0 saturated heterocycles. The predicted octanol–water partition coefficient (Wildman–Crippen LogP) is 2.91. The van der Waals surface area contributed by atoms with E-state index in [0.717, 1.165) is 25.7 Å². The van der Waals surface area contributed by atoms with Gasteiger partial charge in [-0.05, 0) is 30.9 Å². The lowest BCUT2D eigenvalue weighted by molar-refractivity contribution is -0.130. The van der Waals surface area contributed by atoms with Crippen LogP contribution in [-0.4, -0.2) is 36.3 Å². The van der Waals surface area contributed by atoms with Gasteiger partial charge in [0.25, 0.3) is 0 Å². The zero-order valence-corrected chi connectivity index (χ0v) is 14.4. The van der Waals surface area contributed by atoms with Crippen molar-refractivity contribution >= 4 is 11.8 Å². The molecule has 0 atom stereocenters. The van der Waals surface area contributed by atoms with E-state index in [4.69, 9.17) is 0 Å². The fourth-order valence-corrected chi connectivity index (χ4v) is 3.21. The second kappa shape index (κ2) is 9.40. The fourth-order valence-electron chi connectivity index (χ4n) is 3.21. The summed E-state index contributed by atoms with van der Waals surface area (Å²) in [5.74, 6) is -0.0693. The smallest absolute Gasteiger partial charge is 0.223 e. The third kappa shape index (κ3) is 5.62. The number of halogens is 1. The van der Waals surface area contributed by atoms with E-state index >= 15 is 0 Å². The van der Waals surface area contributed by atoms with Gasteiger partial charge in [-0.15, -0.1) is 0 Å². The minimum absolute atomic E-state index is 0.0572. The molecule has 24 heavy (non-hydrogen) atoms. The van der Waals surface area contributed by atoms with Crippen LogP contribution in [0.1, 0.15) is 44.6 Å². The number of rotatable bonds is 7. The molecule has 2 amide bonds. The first-order valence-corrected chi connectivity index (χ1v) is 8.84. The largest absolute Gasteiger partial charge is 0.354 e. The standard InChI is InChI=1S/C19H27FN2O2/c1-15(23)22(13-11-16-7-5-6-10-18(16)20)14-12-21-19(24)17-8-3-2-4-9-17/h5-7,10,17H,2-4,8-9,11-14H2,1H3,(H,21,24). The van der Waals surface area contributed by atoms with Crippen LogP contribution >= 0.6 is 0 Å². The summed E-state index contributed by atoms with van der Waals surface area (Å²) >= 11 is 0. The Hall–Kier alpha value is -1.91. The van der Waals surface area contributed by atoms with Crippen LogP contribution in [0.4, 0.5) is 4.39 Å². The van der Waals surface area contributed by atoms with Gasteiger partial charge in [-0.1, -0.05) is 37.5 Å². The Bertz CT molecular complexity index is 556. The van der Waals surface area contributed by atoms with Gasteiger partial charge in [-0.2, -0.15) is 0 Å². The van der Waals surface area contributed by atoms with E-state index < -0.39 is 0 Å². The summed E-state index contributed by atoms with van der Waals surface area (Å²) in [5.41, 5.74) is 0.606. The number of nitrogens with zero attached hydrogens (tertiary/aromatic N) is 1. The topological polar surface area (TPSA) is 49.4 Å². The fraction of sp³-hybridized carbons (Fsp3) is 0.579. The lowest BCUT2D eigenvalue weighted by atomic mass is 9.89. The zero-order chi connectivity index (χ0) is 17.4. The molecule has 0 aromatic heterocycles. The zero-order valence-electron chi connectivity index (χ0n) is 14.4. The SMILES string of the molecule is CC(=O)N(CCNC(=O)C1CCCCC1)CCc1ccccc1F. The highest BCUT2D eigenvalue weighted by Crippen LogP contribution is 2.23. The van der Waals surface area contributed by atoms with Crippen molar-refractivity contribution < 1.29 is 14.0 Å². The average molecular weight is 334 g/mol. The minimum Gasteiger partial charge on any atom is -0.354 e. The number of carbonyl (C=O) groups excluding carboxylic acids is 2. The molecule has 1 aliphatic rings. The first-order valence-electron chi connectivity index (χ1n) is 8.84. The van der Waals surface area contributed by atoms with Crippen molar-refractivity contribution in [1.29, 1.82) is 0 Å². The normalized spacial score (nSPS) is 15.1. The molecule has 1 saturated carbocycles. The summed E-state index contributed by atoms with van der Waals surface area (Å²) in [6.45, 7) is 2.87. The van der Waals surface area contributed by atoms with Gasteiger partial charge < -0.3 is 10.2 Å². The molecule has 1 fully saturated rings. The molecule has 0 radical (unpaired) electrons. The molecular formula is C19H27FN2O2. The molecule has 2 rings (SSSR count). The van der Waals surface area contributed by atoms with Crippen LogP contribution in [-0.2, 0) is 16.0 Å². The predicted molar refractivity (Wildman–Crippen MR) is 91.9 cm³/mol. The maximum atomic E-state index is 13.6. The van der Waals surface area contributed by atoms with Gasteiger partial charge in [-0.3, -0.25) is 9.59 Å². The number of hydrogen-bond donors (Lipinski definition) is 1. The van der Waals surface area contributed by atoms with Crippen molar-refractivity contribution in [3.8, 4) is 0 Å². The molecule has 5 heteroatoms. The number of hydrogen-bond acceptors (Lipinski definition) is 2. The summed E-state index contributed by atoms with van der Waals surface area (Å²) in [7, 11) is 0. The first-order chi connectivity index (χ1) is 11.6. The molecule has 132 valence electrons. The lowest BCUT2D eigenvalue weighted by Crippen LogP contribution is -2.40. The number of carbonyl (C=O) groups is 2. The molecule has 1 aromatic rings. The summed E-state index contributed by atoms with van der Waals surface area (Å²) < 4.78 is 13.6. The van der Waals surface area contributed by atoms with Gasteiger partial charge in [0, 0.05) is 32.5 Å². The molecule has 1 aliphatic carbocycles. The van der Waals surface area contributed by atoms with Crippen LogP contribution in [0.25, 0.3) is 0 Å². The summed E-state index contributed by atoms with van der Waals surface area (Å²) in [6, 6.07) is 6.61. The highest BCUT2D eigenvalue weighted by Gasteiger charge is 2.20. The van der Waals surface area contributed by atoms with Crippen molar-refractivity contribution in [2.75, 3.05) is 19.6 Å². The van der Waals surface area contributed by atoms with Crippen molar-refractivity contribution in [1.82, 2.24) is 10.2 Å². The number of nitrogens with one attached hydrogen (secondary N) is 1. The molecular weight excluding hydrogens is 307 g/mol. The van der Waals surface area contributed by atoms with Gasteiger partial charge in [0.2, 0.25) is 11.8 Å². The Labute approximate surface area is 143 Å². The van der Waals surface area contributed by atoms with Crippen molar-refractivity contribution in [2.45, 2.75) is 45.4 Å². The minimum atomic E-state index is -0.244. The molecule has 4 nitrogen and oxygen atoms in total. The Morgan fingerprint density at radius 3 is 2.54 bits per heavy atom. The van der Waals surface area contributed by atoms with E-state index in [1.807, 2.05) is 0 Å². The Kier molecular flexibility index (Phi) is 7.22. The summed E-state index contributed by atoms with van der Waals surface area (Å²) in [5, 5.41) is 2.94. The second-order valence-corrected chi connectivity index (χ2v) is 6.47. The maximum Gasteiger partial charge on any atom is 0.223 e. The van der Waals surface area contributed by atoms with Crippen molar-refractivity contribution in [3.05, 3.63) is 35.6 Å². The molecule has 1 N–H and O–H groups in total. The van der Waals surface area contributed by atoms with E-state index in [2.05, 4.69) is 5.32 Å². The van der Waals surface area contributed by atoms with Gasteiger partial charge in [-0.25, -0.2) is 4.39 Å². The van der Waals surface area contributed by atoms with E-state index in [1.165, 1.54) is 19.4 Å². The Morgan fingerprint density at radius 1 is 1.17 bits per heavy atom. The highest BCUT2D eigenvalue weighted by atomic mass is 19.1. The van der Waals surface area contributed by atoms with E-state index in [-0.39, 0.29) is 23.5 Å². The third-order valence-corrected chi connectivity index (χ3v) is 4.71. The van der Waals surface area contributed by atoms with E-state index in [0.29, 0.717) is 31.6 Å². The van der Waals surface area contributed by atoms with Crippen molar-refractivity contribution in [3.63, 3.8) is 0 Å². The van der Waals surface area contributed by atoms with Crippen molar-refractivity contribution in [2.24, 2.45) is 5.92 Å². The van der Waals surface area contributed by atoms with Crippen LogP contribution in [0.3, 0.4) is 0 Å². The molecule has 0 unspecified atom stereocenters. The number of amides is 2. The quantitative estimate of drug-likeness (QED) is 0.833. The highest BCUT2D eigenvalue weighted by molar-refractivity contribution is 5.78. The van der Waals surface area contributed by atoms with E-state index in [9.17, 15) is 14.0 Å². The molecule has 0 spiro atoms. The Balaban J connectivity index is 1.75. The van der Waals surface area contributed by atoms with Gasteiger partial charge in [0.15, 0.2) is 0 Å². The Morgan fingerprint density at radius 2 is 1.88 bits per heavy atom. The summed E-state index contributed by atoms with van der Waals surface area (Å²) in [4.78, 5) is 25.5. The van der Waals surface area contributed by atoms with Gasteiger partial charge in [0.1, 0.15) is 5.82 Å².